The molecule has 0 aliphatic rings. The maximum absolute atomic E-state index is 12.9. The van der Waals surface area contributed by atoms with Gasteiger partial charge in [-0.25, -0.2) is 4.79 Å². The fourth-order valence-corrected chi connectivity index (χ4v) is 4.67. The van der Waals surface area contributed by atoms with Gasteiger partial charge < -0.3 is 4.74 Å². The summed E-state index contributed by atoms with van der Waals surface area (Å²) >= 11 is 0. The van der Waals surface area contributed by atoms with Crippen LogP contribution in [0, 0.1) is 5.41 Å². The van der Waals surface area contributed by atoms with Crippen LogP contribution in [0.4, 0.5) is 13.2 Å². The predicted octanol–water partition coefficient (Wildman–Crippen LogP) is 9.13. The number of halogens is 3. The van der Waals surface area contributed by atoms with Crippen molar-refractivity contribution in [1.82, 2.24) is 4.98 Å². The maximum Gasteiger partial charge on any atom is 0.575 e. The van der Waals surface area contributed by atoms with E-state index >= 15 is 0 Å². The maximum atomic E-state index is 12.9. The minimum Gasteiger partial charge on any atom is -0.369 e. The number of rotatable bonds is 4. The molecule has 1 heterocycles. The standard InChI is InChI=1S/C32H32F3NO2/c1-30(2,3)18-20-11-13-21(14-12-20)25-17-28(36-19-26(25)29(37)38-32(33,34)35)23-15-22-9-7-8-10-24(22)27(16-23)31(4,5)6/h7-17,19H,18H2,1-6H3. The average molecular weight is 520 g/mol. The second-order valence-corrected chi connectivity index (χ2v) is 11.9. The van der Waals surface area contributed by atoms with Crippen molar-refractivity contribution in [2.75, 3.05) is 0 Å². The van der Waals surface area contributed by atoms with Crippen LogP contribution in [-0.2, 0) is 16.6 Å². The zero-order valence-corrected chi connectivity index (χ0v) is 22.5. The van der Waals surface area contributed by atoms with Crippen molar-refractivity contribution in [3.8, 4) is 22.4 Å². The average Bonchev–Trinajstić information content (AvgIpc) is 2.81. The second kappa shape index (κ2) is 9.90. The highest BCUT2D eigenvalue weighted by atomic mass is 19.4. The Morgan fingerprint density at radius 3 is 2.11 bits per heavy atom. The third-order valence-electron chi connectivity index (χ3n) is 6.30. The van der Waals surface area contributed by atoms with E-state index in [2.05, 4.69) is 63.4 Å². The van der Waals surface area contributed by atoms with Crippen LogP contribution >= 0.6 is 0 Å². The molecule has 0 radical (unpaired) electrons. The molecular formula is C32H32F3NO2. The SMILES string of the molecule is CC(C)(C)Cc1ccc(-c2cc(-c3cc(C(C)(C)C)c4ccccc4c3)ncc2C(=O)OC(F)(F)F)cc1. The lowest BCUT2D eigenvalue weighted by molar-refractivity contribution is -0.291. The topological polar surface area (TPSA) is 39.2 Å². The Bertz CT molecular complexity index is 1470. The first kappa shape index (κ1) is 27.4. The first-order chi connectivity index (χ1) is 17.6. The number of esters is 1. The zero-order valence-electron chi connectivity index (χ0n) is 22.5. The van der Waals surface area contributed by atoms with Crippen molar-refractivity contribution in [2.45, 2.75) is 59.7 Å². The van der Waals surface area contributed by atoms with Crippen molar-refractivity contribution >= 4 is 16.7 Å². The number of alkyl halides is 3. The number of aromatic nitrogens is 1. The van der Waals surface area contributed by atoms with Gasteiger partial charge in [-0.15, -0.1) is 13.2 Å². The van der Waals surface area contributed by atoms with Gasteiger partial charge in [-0.1, -0.05) is 90.1 Å². The van der Waals surface area contributed by atoms with Crippen molar-refractivity contribution in [1.29, 1.82) is 0 Å². The van der Waals surface area contributed by atoms with E-state index in [1.165, 1.54) is 6.20 Å². The molecule has 6 heteroatoms. The van der Waals surface area contributed by atoms with Gasteiger partial charge in [-0.05, 0) is 68.5 Å². The van der Waals surface area contributed by atoms with Crippen LogP contribution < -0.4 is 0 Å². The van der Waals surface area contributed by atoms with Gasteiger partial charge in [0.2, 0.25) is 0 Å². The summed E-state index contributed by atoms with van der Waals surface area (Å²) in [4.78, 5) is 16.9. The van der Waals surface area contributed by atoms with Crippen molar-refractivity contribution < 1.29 is 22.7 Å². The van der Waals surface area contributed by atoms with E-state index in [0.29, 0.717) is 16.8 Å². The quantitative estimate of drug-likeness (QED) is 0.252. The van der Waals surface area contributed by atoms with Gasteiger partial charge in [0.25, 0.3) is 0 Å². The van der Waals surface area contributed by atoms with Crippen molar-refractivity contribution in [3.05, 3.63) is 89.6 Å². The molecule has 0 unspecified atom stereocenters. The molecule has 0 spiro atoms. The Balaban J connectivity index is 1.87. The van der Waals surface area contributed by atoms with Crippen LogP contribution in [0.25, 0.3) is 33.2 Å². The monoisotopic (exact) mass is 519 g/mol. The number of carbonyl (C=O) groups excluding carboxylic acids is 1. The van der Waals surface area contributed by atoms with Gasteiger partial charge in [0.05, 0.1) is 11.3 Å². The molecule has 38 heavy (non-hydrogen) atoms. The second-order valence-electron chi connectivity index (χ2n) is 11.9. The number of pyridine rings is 1. The Morgan fingerprint density at radius 2 is 1.50 bits per heavy atom. The number of nitrogens with zero attached hydrogens (tertiary/aromatic N) is 1. The number of hydrogen-bond donors (Lipinski definition) is 0. The molecule has 0 amide bonds. The van der Waals surface area contributed by atoms with Gasteiger partial charge in [0.15, 0.2) is 0 Å². The van der Waals surface area contributed by atoms with Crippen LogP contribution in [0.1, 0.15) is 63.0 Å². The van der Waals surface area contributed by atoms with E-state index in [-0.39, 0.29) is 16.4 Å². The highest BCUT2D eigenvalue weighted by Gasteiger charge is 2.35. The fourth-order valence-electron chi connectivity index (χ4n) is 4.67. The molecule has 0 aliphatic carbocycles. The molecule has 0 bridgehead atoms. The minimum atomic E-state index is -5.09. The van der Waals surface area contributed by atoms with Gasteiger partial charge in [-0.2, -0.15) is 0 Å². The summed E-state index contributed by atoms with van der Waals surface area (Å²) in [5, 5.41) is 2.16. The first-order valence-corrected chi connectivity index (χ1v) is 12.5. The molecule has 3 nitrogen and oxygen atoms in total. The molecule has 0 atom stereocenters. The van der Waals surface area contributed by atoms with E-state index in [1.807, 2.05) is 48.5 Å². The summed E-state index contributed by atoms with van der Waals surface area (Å²) in [6.07, 6.45) is -3.08. The molecule has 0 aliphatic heterocycles. The van der Waals surface area contributed by atoms with Crippen molar-refractivity contribution in [2.24, 2.45) is 5.41 Å². The molecule has 1 aromatic heterocycles. The summed E-state index contributed by atoms with van der Waals surface area (Å²) in [6.45, 7) is 12.8. The number of carbonyl (C=O) groups is 1. The molecular weight excluding hydrogens is 487 g/mol. The van der Waals surface area contributed by atoms with Crippen LogP contribution in [0.2, 0.25) is 0 Å². The summed E-state index contributed by atoms with van der Waals surface area (Å²) < 4.78 is 42.5. The molecule has 0 saturated carbocycles. The Labute approximate surface area is 221 Å². The molecule has 0 fully saturated rings. The zero-order chi connectivity index (χ0) is 27.9. The molecule has 198 valence electrons. The highest BCUT2D eigenvalue weighted by molar-refractivity contribution is 5.98. The molecule has 0 saturated heterocycles. The molecule has 3 aromatic carbocycles. The van der Waals surface area contributed by atoms with E-state index in [0.717, 1.165) is 33.9 Å². The van der Waals surface area contributed by atoms with E-state index in [4.69, 9.17) is 0 Å². The molecule has 4 aromatic rings. The fraction of sp³-hybridized carbons (Fsp3) is 0.312. The predicted molar refractivity (Wildman–Crippen MR) is 146 cm³/mol. The largest absolute Gasteiger partial charge is 0.575 e. The number of ether oxygens (including phenoxy) is 1. The van der Waals surface area contributed by atoms with Gasteiger partial charge in [0, 0.05) is 11.8 Å². The first-order valence-electron chi connectivity index (χ1n) is 12.5. The Morgan fingerprint density at radius 1 is 0.842 bits per heavy atom. The lowest BCUT2D eigenvalue weighted by Gasteiger charge is -2.23. The highest BCUT2D eigenvalue weighted by Crippen LogP contribution is 2.36. The summed E-state index contributed by atoms with van der Waals surface area (Å²) in [5.74, 6) is -1.49. The summed E-state index contributed by atoms with van der Waals surface area (Å²) in [5.41, 5.74) is 4.21. The normalized spacial score (nSPS) is 12.6. The third kappa shape index (κ3) is 6.42. The molecule has 0 N–H and O–H groups in total. The van der Waals surface area contributed by atoms with E-state index < -0.39 is 12.3 Å². The van der Waals surface area contributed by atoms with Gasteiger partial charge in [0.1, 0.15) is 0 Å². The summed E-state index contributed by atoms with van der Waals surface area (Å²) in [6, 6.07) is 21.3. The lowest BCUT2D eigenvalue weighted by atomic mass is 9.82. The van der Waals surface area contributed by atoms with Gasteiger partial charge in [-0.3, -0.25) is 4.98 Å². The minimum absolute atomic E-state index is 0.0773. The molecule has 4 rings (SSSR count). The lowest BCUT2D eigenvalue weighted by Crippen LogP contribution is -2.20. The van der Waals surface area contributed by atoms with Crippen LogP contribution in [0.3, 0.4) is 0 Å². The number of hydrogen-bond acceptors (Lipinski definition) is 3. The van der Waals surface area contributed by atoms with Crippen LogP contribution in [0.15, 0.2) is 72.9 Å². The van der Waals surface area contributed by atoms with Crippen molar-refractivity contribution in [3.63, 3.8) is 0 Å². The smallest absolute Gasteiger partial charge is 0.369 e. The van der Waals surface area contributed by atoms with E-state index in [1.54, 1.807) is 6.07 Å². The Kier molecular flexibility index (Phi) is 7.13. The number of benzene rings is 3. The number of fused-ring (bicyclic) bond motifs is 1. The van der Waals surface area contributed by atoms with Crippen LogP contribution in [0.5, 0.6) is 0 Å². The third-order valence-corrected chi connectivity index (χ3v) is 6.30. The van der Waals surface area contributed by atoms with Gasteiger partial charge >= 0.3 is 12.3 Å². The summed E-state index contributed by atoms with van der Waals surface area (Å²) in [7, 11) is 0. The Hall–Kier alpha value is -3.67. The van der Waals surface area contributed by atoms with E-state index in [9.17, 15) is 18.0 Å². The van der Waals surface area contributed by atoms with Crippen LogP contribution in [-0.4, -0.2) is 17.3 Å².